The van der Waals surface area contributed by atoms with E-state index in [-0.39, 0.29) is 5.82 Å². The summed E-state index contributed by atoms with van der Waals surface area (Å²) in [4.78, 5) is 0. The number of rotatable bonds is 1. The number of benzene rings is 1. The molecule has 0 bridgehead atoms. The van der Waals surface area contributed by atoms with E-state index in [1.54, 1.807) is 12.1 Å². The Morgan fingerprint density at radius 3 is 2.17 bits per heavy atom. The average molecular weight is 164 g/mol. The first-order valence-electron chi connectivity index (χ1n) is 4.62. The summed E-state index contributed by atoms with van der Waals surface area (Å²) in [5.41, 5.74) is 1.31. The molecule has 0 spiro atoms. The predicted octanol–water partition coefficient (Wildman–Crippen LogP) is 3.48. The van der Waals surface area contributed by atoms with Crippen LogP contribution in [0.5, 0.6) is 0 Å². The topological polar surface area (TPSA) is 0 Å². The highest BCUT2D eigenvalue weighted by molar-refractivity contribution is 5.21. The summed E-state index contributed by atoms with van der Waals surface area (Å²) in [7, 11) is 0. The van der Waals surface area contributed by atoms with Gasteiger partial charge in [0.15, 0.2) is 0 Å². The van der Waals surface area contributed by atoms with Crippen LogP contribution in [0.4, 0.5) is 4.39 Å². The van der Waals surface area contributed by atoms with Gasteiger partial charge in [-0.15, -0.1) is 0 Å². The summed E-state index contributed by atoms with van der Waals surface area (Å²) in [5.74, 6) is 0.572. The van der Waals surface area contributed by atoms with Crippen molar-refractivity contribution in [3.63, 3.8) is 0 Å². The molecule has 0 saturated heterocycles. The summed E-state index contributed by atoms with van der Waals surface area (Å²) in [5, 5.41) is 0. The van der Waals surface area contributed by atoms with Crippen molar-refractivity contribution >= 4 is 0 Å². The van der Waals surface area contributed by atoms with Crippen molar-refractivity contribution in [2.45, 2.75) is 31.6 Å². The second kappa shape index (κ2) is 3.26. The van der Waals surface area contributed by atoms with Crippen LogP contribution in [-0.2, 0) is 0 Å². The normalized spacial score (nSPS) is 18.4. The zero-order chi connectivity index (χ0) is 8.39. The molecule has 0 aromatic heterocycles. The Morgan fingerprint density at radius 1 is 1.00 bits per heavy atom. The fourth-order valence-electron chi connectivity index (χ4n) is 1.99. The third-order valence-electron chi connectivity index (χ3n) is 2.70. The van der Waals surface area contributed by atoms with Crippen molar-refractivity contribution in [2.75, 3.05) is 0 Å². The molecule has 64 valence electrons. The molecule has 12 heavy (non-hydrogen) atoms. The van der Waals surface area contributed by atoms with Crippen LogP contribution in [-0.4, -0.2) is 0 Å². The van der Waals surface area contributed by atoms with Crippen molar-refractivity contribution < 1.29 is 4.39 Å². The summed E-state index contributed by atoms with van der Waals surface area (Å²) in [6.45, 7) is 0. The SMILES string of the molecule is Fc1ccc(C2CCCC2)cc1. The molecule has 0 aliphatic heterocycles. The van der Waals surface area contributed by atoms with E-state index in [2.05, 4.69) is 0 Å². The van der Waals surface area contributed by atoms with E-state index < -0.39 is 0 Å². The van der Waals surface area contributed by atoms with Gasteiger partial charge in [-0.25, -0.2) is 4.39 Å². The minimum absolute atomic E-state index is 0.128. The van der Waals surface area contributed by atoms with E-state index in [1.165, 1.54) is 31.2 Å². The summed E-state index contributed by atoms with van der Waals surface area (Å²) in [6.07, 6.45) is 5.24. The predicted molar refractivity (Wildman–Crippen MR) is 47.6 cm³/mol. The van der Waals surface area contributed by atoms with E-state index in [4.69, 9.17) is 0 Å². The fraction of sp³-hybridized carbons (Fsp3) is 0.455. The summed E-state index contributed by atoms with van der Waals surface area (Å²) >= 11 is 0. The van der Waals surface area contributed by atoms with Crippen molar-refractivity contribution in [1.29, 1.82) is 0 Å². The first kappa shape index (κ1) is 7.78. The van der Waals surface area contributed by atoms with Crippen LogP contribution in [0, 0.1) is 5.82 Å². The number of halogens is 1. The molecule has 1 fully saturated rings. The number of hydrogen-bond acceptors (Lipinski definition) is 0. The Morgan fingerprint density at radius 2 is 1.58 bits per heavy atom. The maximum absolute atomic E-state index is 12.6. The molecule has 1 aromatic carbocycles. The van der Waals surface area contributed by atoms with Crippen LogP contribution < -0.4 is 0 Å². The Hall–Kier alpha value is -0.850. The van der Waals surface area contributed by atoms with Gasteiger partial charge in [-0.2, -0.15) is 0 Å². The Kier molecular flexibility index (Phi) is 2.11. The fourth-order valence-corrected chi connectivity index (χ4v) is 1.99. The molecule has 0 atom stereocenters. The van der Waals surface area contributed by atoms with Crippen LogP contribution in [0.15, 0.2) is 24.3 Å². The van der Waals surface area contributed by atoms with E-state index >= 15 is 0 Å². The van der Waals surface area contributed by atoms with Crippen molar-refractivity contribution in [3.05, 3.63) is 35.6 Å². The zero-order valence-electron chi connectivity index (χ0n) is 7.09. The van der Waals surface area contributed by atoms with Crippen LogP contribution in [0.3, 0.4) is 0 Å². The highest BCUT2D eigenvalue weighted by Crippen LogP contribution is 2.33. The molecule has 1 heteroatoms. The van der Waals surface area contributed by atoms with Crippen molar-refractivity contribution in [1.82, 2.24) is 0 Å². The van der Waals surface area contributed by atoms with Crippen LogP contribution in [0.2, 0.25) is 0 Å². The van der Waals surface area contributed by atoms with Crippen LogP contribution >= 0.6 is 0 Å². The van der Waals surface area contributed by atoms with Gasteiger partial charge in [0, 0.05) is 0 Å². The van der Waals surface area contributed by atoms with Gasteiger partial charge in [0.05, 0.1) is 0 Å². The monoisotopic (exact) mass is 164 g/mol. The smallest absolute Gasteiger partial charge is 0.123 e. The highest BCUT2D eigenvalue weighted by atomic mass is 19.1. The summed E-state index contributed by atoms with van der Waals surface area (Å²) in [6, 6.07) is 6.97. The van der Waals surface area contributed by atoms with Gasteiger partial charge >= 0.3 is 0 Å². The zero-order valence-corrected chi connectivity index (χ0v) is 7.09. The van der Waals surface area contributed by atoms with Gasteiger partial charge in [-0.1, -0.05) is 25.0 Å². The Balaban J connectivity index is 2.17. The molecule has 0 radical (unpaired) electrons. The molecular weight excluding hydrogens is 151 g/mol. The molecule has 0 N–H and O–H groups in total. The largest absolute Gasteiger partial charge is 0.207 e. The third-order valence-corrected chi connectivity index (χ3v) is 2.70. The van der Waals surface area contributed by atoms with Gasteiger partial charge in [0.25, 0.3) is 0 Å². The van der Waals surface area contributed by atoms with Gasteiger partial charge in [-0.3, -0.25) is 0 Å². The second-order valence-corrected chi connectivity index (χ2v) is 3.53. The van der Waals surface area contributed by atoms with Crippen LogP contribution in [0.25, 0.3) is 0 Å². The lowest BCUT2D eigenvalue weighted by Gasteiger charge is -2.07. The van der Waals surface area contributed by atoms with Crippen LogP contribution in [0.1, 0.15) is 37.2 Å². The van der Waals surface area contributed by atoms with Gasteiger partial charge in [0.2, 0.25) is 0 Å². The second-order valence-electron chi connectivity index (χ2n) is 3.53. The standard InChI is InChI=1S/C11H13F/c12-11-7-5-10(6-8-11)9-3-1-2-4-9/h5-9H,1-4H2. The molecule has 0 nitrogen and oxygen atoms in total. The minimum Gasteiger partial charge on any atom is -0.207 e. The Labute approximate surface area is 72.4 Å². The van der Waals surface area contributed by atoms with Gasteiger partial charge < -0.3 is 0 Å². The van der Waals surface area contributed by atoms with Gasteiger partial charge in [0.1, 0.15) is 5.82 Å². The quantitative estimate of drug-likeness (QED) is 0.596. The molecule has 0 amide bonds. The summed E-state index contributed by atoms with van der Waals surface area (Å²) < 4.78 is 12.6. The molecule has 1 saturated carbocycles. The van der Waals surface area contributed by atoms with E-state index in [9.17, 15) is 4.39 Å². The van der Waals surface area contributed by atoms with Gasteiger partial charge in [-0.05, 0) is 36.5 Å². The first-order valence-corrected chi connectivity index (χ1v) is 4.62. The lowest BCUT2D eigenvalue weighted by molar-refractivity contribution is 0.624. The highest BCUT2D eigenvalue weighted by Gasteiger charge is 2.16. The lowest BCUT2D eigenvalue weighted by atomic mass is 9.98. The van der Waals surface area contributed by atoms with E-state index in [0.717, 1.165) is 0 Å². The molecule has 0 heterocycles. The maximum Gasteiger partial charge on any atom is 0.123 e. The minimum atomic E-state index is -0.128. The Bertz CT molecular complexity index is 244. The molecule has 1 aromatic rings. The van der Waals surface area contributed by atoms with E-state index in [1.807, 2.05) is 12.1 Å². The lowest BCUT2D eigenvalue weighted by Crippen LogP contribution is -1.91. The third kappa shape index (κ3) is 1.50. The maximum atomic E-state index is 12.6. The first-order chi connectivity index (χ1) is 5.86. The molecule has 1 aliphatic carbocycles. The molecule has 1 aliphatic rings. The molecular formula is C11H13F. The molecule has 0 unspecified atom stereocenters. The van der Waals surface area contributed by atoms with E-state index in [0.29, 0.717) is 5.92 Å². The number of hydrogen-bond donors (Lipinski definition) is 0. The molecule has 2 rings (SSSR count). The average Bonchev–Trinajstić information content (AvgIpc) is 2.58. The van der Waals surface area contributed by atoms with Crippen molar-refractivity contribution in [3.8, 4) is 0 Å². The van der Waals surface area contributed by atoms with Crippen molar-refractivity contribution in [2.24, 2.45) is 0 Å².